The van der Waals surface area contributed by atoms with Crippen molar-refractivity contribution < 1.29 is 4.79 Å². The Morgan fingerprint density at radius 2 is 2.00 bits per heavy atom. The van der Waals surface area contributed by atoms with E-state index in [4.69, 9.17) is 5.26 Å². The van der Waals surface area contributed by atoms with Crippen LogP contribution in [0.25, 0.3) is 5.69 Å². The number of aromatic nitrogens is 1. The van der Waals surface area contributed by atoms with Crippen LogP contribution in [0.2, 0.25) is 0 Å². The maximum Gasteiger partial charge on any atom is 0.162 e. The van der Waals surface area contributed by atoms with Crippen LogP contribution in [-0.4, -0.2) is 10.4 Å². The van der Waals surface area contributed by atoms with E-state index < -0.39 is 0 Å². The molecule has 0 bridgehead atoms. The summed E-state index contributed by atoms with van der Waals surface area (Å²) in [6.07, 6.45) is 2.33. The molecule has 0 radical (unpaired) electrons. The van der Waals surface area contributed by atoms with E-state index in [1.165, 1.54) is 0 Å². The van der Waals surface area contributed by atoms with E-state index in [1.807, 2.05) is 31.3 Å². The zero-order valence-corrected chi connectivity index (χ0v) is 9.55. The fourth-order valence-corrected chi connectivity index (χ4v) is 1.71. The Labute approximate surface area is 99.9 Å². The molecular weight excluding hydrogens is 212 g/mol. The number of carbonyl (C=O) groups excluding carboxylic acids is 1. The van der Waals surface area contributed by atoms with Crippen LogP contribution in [-0.2, 0) is 0 Å². The summed E-state index contributed by atoms with van der Waals surface area (Å²) >= 11 is 0. The van der Waals surface area contributed by atoms with Crippen molar-refractivity contribution in [3.63, 3.8) is 0 Å². The first-order valence-electron chi connectivity index (χ1n) is 5.47. The summed E-state index contributed by atoms with van der Waals surface area (Å²) in [7, 11) is 0. The van der Waals surface area contributed by atoms with Gasteiger partial charge in [0, 0.05) is 23.9 Å². The van der Waals surface area contributed by atoms with E-state index in [1.54, 1.807) is 22.8 Å². The zero-order chi connectivity index (χ0) is 12.3. The van der Waals surface area contributed by atoms with E-state index in [0.717, 1.165) is 5.69 Å². The fraction of sp³-hybridized carbons (Fsp3) is 0.143. The van der Waals surface area contributed by atoms with Gasteiger partial charge in [0.05, 0.1) is 0 Å². The van der Waals surface area contributed by atoms with Gasteiger partial charge in [-0.1, -0.05) is 6.92 Å². The predicted molar refractivity (Wildman–Crippen MR) is 65.1 cm³/mol. The Balaban J connectivity index is 2.37. The number of nitriles is 1. The van der Waals surface area contributed by atoms with Crippen molar-refractivity contribution in [1.82, 2.24) is 4.57 Å². The van der Waals surface area contributed by atoms with Crippen molar-refractivity contribution in [2.45, 2.75) is 13.3 Å². The van der Waals surface area contributed by atoms with Crippen LogP contribution in [0.3, 0.4) is 0 Å². The lowest BCUT2D eigenvalue weighted by molar-refractivity contribution is 0.0988. The number of benzene rings is 1. The first kappa shape index (κ1) is 11.2. The average molecular weight is 224 g/mol. The van der Waals surface area contributed by atoms with Gasteiger partial charge in [0.15, 0.2) is 5.78 Å². The fourth-order valence-electron chi connectivity index (χ4n) is 1.71. The third-order valence-corrected chi connectivity index (χ3v) is 2.65. The predicted octanol–water partition coefficient (Wildman–Crippen LogP) is 2.94. The van der Waals surface area contributed by atoms with Crippen molar-refractivity contribution >= 4 is 5.78 Å². The van der Waals surface area contributed by atoms with Gasteiger partial charge in [-0.3, -0.25) is 4.79 Å². The molecule has 1 aromatic heterocycles. The Hall–Kier alpha value is -2.34. The second-order valence-corrected chi connectivity index (χ2v) is 3.70. The molecule has 17 heavy (non-hydrogen) atoms. The van der Waals surface area contributed by atoms with Crippen molar-refractivity contribution in [2.24, 2.45) is 0 Å². The summed E-state index contributed by atoms with van der Waals surface area (Å²) < 4.78 is 1.79. The van der Waals surface area contributed by atoms with Gasteiger partial charge in [0.25, 0.3) is 0 Å². The number of rotatable bonds is 3. The summed E-state index contributed by atoms with van der Waals surface area (Å²) in [5.74, 6) is 0.129. The Morgan fingerprint density at radius 1 is 1.29 bits per heavy atom. The molecule has 0 atom stereocenters. The number of hydrogen-bond donors (Lipinski definition) is 0. The molecule has 3 nitrogen and oxygen atoms in total. The molecule has 1 aromatic carbocycles. The number of carbonyl (C=O) groups is 1. The monoisotopic (exact) mass is 224 g/mol. The molecule has 0 saturated heterocycles. The third kappa shape index (κ3) is 2.11. The molecule has 1 heterocycles. The van der Waals surface area contributed by atoms with E-state index in [2.05, 4.69) is 6.07 Å². The highest BCUT2D eigenvalue weighted by Crippen LogP contribution is 2.14. The molecule has 0 fully saturated rings. The van der Waals surface area contributed by atoms with Gasteiger partial charge in [-0.2, -0.15) is 5.26 Å². The van der Waals surface area contributed by atoms with Gasteiger partial charge in [-0.05, 0) is 36.4 Å². The molecule has 2 aromatic rings. The van der Waals surface area contributed by atoms with Crippen molar-refractivity contribution in [1.29, 1.82) is 5.26 Å². The van der Waals surface area contributed by atoms with Crippen LogP contribution >= 0.6 is 0 Å². The molecule has 0 spiro atoms. The average Bonchev–Trinajstić information content (AvgIpc) is 2.86. The largest absolute Gasteiger partial charge is 0.308 e. The SMILES string of the molecule is CCC(=O)c1ccc(-n2cccc2C#N)cc1. The zero-order valence-electron chi connectivity index (χ0n) is 9.55. The van der Waals surface area contributed by atoms with Gasteiger partial charge < -0.3 is 4.57 Å². The minimum absolute atomic E-state index is 0.129. The van der Waals surface area contributed by atoms with Crippen LogP contribution in [0.4, 0.5) is 0 Å². The summed E-state index contributed by atoms with van der Waals surface area (Å²) in [5.41, 5.74) is 2.18. The topological polar surface area (TPSA) is 45.8 Å². The summed E-state index contributed by atoms with van der Waals surface area (Å²) in [5, 5.41) is 8.92. The molecule has 0 N–H and O–H groups in total. The quantitative estimate of drug-likeness (QED) is 0.752. The van der Waals surface area contributed by atoms with E-state index in [9.17, 15) is 4.79 Å². The Morgan fingerprint density at radius 3 is 2.59 bits per heavy atom. The standard InChI is InChI=1S/C14H12N2O/c1-2-14(17)11-5-7-12(8-6-11)16-9-3-4-13(16)10-15/h3-9H,2H2,1H3. The van der Waals surface area contributed by atoms with Gasteiger partial charge in [0.2, 0.25) is 0 Å². The van der Waals surface area contributed by atoms with Crippen LogP contribution < -0.4 is 0 Å². The van der Waals surface area contributed by atoms with Gasteiger partial charge >= 0.3 is 0 Å². The second-order valence-electron chi connectivity index (χ2n) is 3.70. The van der Waals surface area contributed by atoms with E-state index in [-0.39, 0.29) is 5.78 Å². The van der Waals surface area contributed by atoms with Crippen LogP contribution in [0.1, 0.15) is 29.4 Å². The molecule has 0 unspecified atom stereocenters. The molecule has 3 heteroatoms. The number of ketones is 1. The Kier molecular flexibility index (Phi) is 3.06. The smallest absolute Gasteiger partial charge is 0.162 e. The van der Waals surface area contributed by atoms with E-state index in [0.29, 0.717) is 17.7 Å². The first-order chi connectivity index (χ1) is 8.26. The highest BCUT2D eigenvalue weighted by atomic mass is 16.1. The highest BCUT2D eigenvalue weighted by molar-refractivity contribution is 5.95. The van der Waals surface area contributed by atoms with Crippen molar-refractivity contribution in [2.75, 3.05) is 0 Å². The third-order valence-electron chi connectivity index (χ3n) is 2.65. The summed E-state index contributed by atoms with van der Waals surface area (Å²) in [6.45, 7) is 1.84. The van der Waals surface area contributed by atoms with Gasteiger partial charge in [0.1, 0.15) is 11.8 Å². The lowest BCUT2D eigenvalue weighted by Gasteiger charge is -2.05. The molecule has 84 valence electrons. The normalized spacial score (nSPS) is 9.88. The van der Waals surface area contributed by atoms with Crippen molar-refractivity contribution in [3.05, 3.63) is 53.9 Å². The molecule has 0 amide bonds. The lowest BCUT2D eigenvalue weighted by Crippen LogP contribution is -1.99. The van der Waals surface area contributed by atoms with Crippen LogP contribution in [0, 0.1) is 11.3 Å². The van der Waals surface area contributed by atoms with E-state index >= 15 is 0 Å². The minimum Gasteiger partial charge on any atom is -0.308 e. The highest BCUT2D eigenvalue weighted by Gasteiger charge is 2.05. The molecule has 0 saturated carbocycles. The minimum atomic E-state index is 0.129. The summed E-state index contributed by atoms with van der Waals surface area (Å²) in [4.78, 5) is 11.5. The first-order valence-corrected chi connectivity index (χ1v) is 5.47. The van der Waals surface area contributed by atoms with Gasteiger partial charge in [-0.25, -0.2) is 0 Å². The molecular formula is C14H12N2O. The number of hydrogen-bond acceptors (Lipinski definition) is 2. The number of Topliss-reactive ketones (excluding diaryl/α,β-unsaturated/α-hetero) is 1. The lowest BCUT2D eigenvalue weighted by atomic mass is 10.1. The molecule has 0 aliphatic heterocycles. The maximum absolute atomic E-state index is 11.5. The van der Waals surface area contributed by atoms with Crippen LogP contribution in [0.15, 0.2) is 42.6 Å². The maximum atomic E-state index is 11.5. The molecule has 2 rings (SSSR count). The van der Waals surface area contributed by atoms with Crippen LogP contribution in [0.5, 0.6) is 0 Å². The van der Waals surface area contributed by atoms with Crippen molar-refractivity contribution in [3.8, 4) is 11.8 Å². The second kappa shape index (κ2) is 4.67. The summed E-state index contributed by atoms with van der Waals surface area (Å²) in [6, 6.07) is 13.0. The number of nitrogens with zero attached hydrogens (tertiary/aromatic N) is 2. The van der Waals surface area contributed by atoms with Gasteiger partial charge in [-0.15, -0.1) is 0 Å². The molecule has 0 aliphatic carbocycles. The molecule has 0 aliphatic rings. The Bertz CT molecular complexity index is 573.